The predicted octanol–water partition coefficient (Wildman–Crippen LogP) is 2.01. The Labute approximate surface area is 120 Å². The lowest BCUT2D eigenvalue weighted by Crippen LogP contribution is -2.42. The van der Waals surface area contributed by atoms with Crippen molar-refractivity contribution in [3.05, 3.63) is 17.0 Å². The first-order valence-electron chi connectivity index (χ1n) is 7.44. The third-order valence-corrected chi connectivity index (χ3v) is 3.88. The molecule has 0 spiro atoms. The highest BCUT2D eigenvalue weighted by Crippen LogP contribution is 2.17. The van der Waals surface area contributed by atoms with E-state index >= 15 is 0 Å². The van der Waals surface area contributed by atoms with Crippen LogP contribution in [0.1, 0.15) is 57.6 Å². The minimum Gasteiger partial charge on any atom is -0.388 e. The van der Waals surface area contributed by atoms with Gasteiger partial charge in [-0.15, -0.1) is 0 Å². The summed E-state index contributed by atoms with van der Waals surface area (Å²) in [4.78, 5) is 12.0. The second kappa shape index (κ2) is 7.43. The topological polar surface area (TPSA) is 75.4 Å². The maximum Gasteiger partial charge on any atom is 0.224 e. The van der Waals surface area contributed by atoms with Crippen molar-refractivity contribution >= 4 is 5.91 Å². The zero-order chi connectivity index (χ0) is 15.2. The van der Waals surface area contributed by atoms with Crippen LogP contribution in [0.2, 0.25) is 0 Å². The lowest BCUT2D eigenvalue weighted by Gasteiger charge is -2.25. The van der Waals surface area contributed by atoms with Crippen molar-refractivity contribution in [3.8, 4) is 0 Å². The van der Waals surface area contributed by atoms with Crippen molar-refractivity contribution in [2.24, 2.45) is 0 Å². The molecule has 1 rings (SSSR count). The molecule has 5 heteroatoms. The normalized spacial score (nSPS) is 11.7. The zero-order valence-electron chi connectivity index (χ0n) is 13.0. The molecule has 1 amide bonds. The molecule has 1 aromatic heterocycles. The van der Waals surface area contributed by atoms with Crippen LogP contribution in [0.5, 0.6) is 0 Å². The van der Waals surface area contributed by atoms with Crippen LogP contribution in [-0.2, 0) is 24.1 Å². The Balaban J connectivity index is 2.65. The van der Waals surface area contributed by atoms with Crippen LogP contribution in [0.15, 0.2) is 4.52 Å². The van der Waals surface area contributed by atoms with E-state index in [0.717, 1.165) is 29.9 Å². The maximum atomic E-state index is 12.0. The summed E-state index contributed by atoms with van der Waals surface area (Å²) < 4.78 is 5.25. The average Bonchev–Trinajstić information content (AvgIpc) is 2.86. The van der Waals surface area contributed by atoms with Crippen molar-refractivity contribution in [2.45, 2.75) is 65.4 Å². The quantitative estimate of drug-likeness (QED) is 0.765. The SMILES string of the molecule is CCc1noc(CC)c1CC(=O)NCC(O)(CC)CC. The van der Waals surface area contributed by atoms with E-state index in [0.29, 0.717) is 12.8 Å². The maximum absolute atomic E-state index is 12.0. The second-order valence-electron chi connectivity index (χ2n) is 5.12. The lowest BCUT2D eigenvalue weighted by atomic mass is 9.97. The minimum atomic E-state index is -0.814. The molecule has 0 aromatic carbocycles. The van der Waals surface area contributed by atoms with Gasteiger partial charge in [0, 0.05) is 18.5 Å². The van der Waals surface area contributed by atoms with Gasteiger partial charge in [-0.2, -0.15) is 0 Å². The summed E-state index contributed by atoms with van der Waals surface area (Å²) in [6, 6.07) is 0. The first-order valence-corrected chi connectivity index (χ1v) is 7.44. The number of carbonyl (C=O) groups is 1. The highest BCUT2D eigenvalue weighted by Gasteiger charge is 2.23. The molecule has 114 valence electrons. The van der Waals surface area contributed by atoms with E-state index < -0.39 is 5.60 Å². The largest absolute Gasteiger partial charge is 0.388 e. The Hall–Kier alpha value is -1.36. The molecule has 0 bridgehead atoms. The predicted molar refractivity (Wildman–Crippen MR) is 77.5 cm³/mol. The summed E-state index contributed by atoms with van der Waals surface area (Å²) in [7, 11) is 0. The Morgan fingerprint density at radius 3 is 2.40 bits per heavy atom. The molecule has 1 heterocycles. The molecule has 0 unspecified atom stereocenters. The molecule has 1 aromatic rings. The minimum absolute atomic E-state index is 0.0991. The van der Waals surface area contributed by atoms with Crippen LogP contribution >= 0.6 is 0 Å². The number of nitrogens with zero attached hydrogens (tertiary/aromatic N) is 1. The third kappa shape index (κ3) is 4.07. The fourth-order valence-corrected chi connectivity index (χ4v) is 2.12. The van der Waals surface area contributed by atoms with Crippen LogP contribution in [-0.4, -0.2) is 28.3 Å². The number of amides is 1. The van der Waals surface area contributed by atoms with Gasteiger partial charge in [-0.05, 0) is 19.3 Å². The molecule has 20 heavy (non-hydrogen) atoms. The second-order valence-corrected chi connectivity index (χ2v) is 5.12. The van der Waals surface area contributed by atoms with Gasteiger partial charge in [0.2, 0.25) is 5.91 Å². The fourth-order valence-electron chi connectivity index (χ4n) is 2.12. The molecule has 5 nitrogen and oxygen atoms in total. The van der Waals surface area contributed by atoms with E-state index in [4.69, 9.17) is 4.52 Å². The Morgan fingerprint density at radius 1 is 1.25 bits per heavy atom. The first kappa shape index (κ1) is 16.7. The molecular formula is C15H26N2O3. The van der Waals surface area contributed by atoms with Gasteiger partial charge in [-0.1, -0.05) is 32.9 Å². The Bertz CT molecular complexity index is 415. The van der Waals surface area contributed by atoms with Crippen molar-refractivity contribution in [2.75, 3.05) is 6.54 Å². The number of aryl methyl sites for hydroxylation is 2. The number of hydrogen-bond donors (Lipinski definition) is 2. The molecule has 0 aliphatic carbocycles. The monoisotopic (exact) mass is 282 g/mol. The van der Waals surface area contributed by atoms with E-state index in [9.17, 15) is 9.90 Å². The molecule has 0 saturated carbocycles. The van der Waals surface area contributed by atoms with Crippen LogP contribution in [0.25, 0.3) is 0 Å². The van der Waals surface area contributed by atoms with E-state index in [2.05, 4.69) is 10.5 Å². The molecule has 0 radical (unpaired) electrons. The number of aliphatic hydroxyl groups is 1. The molecular weight excluding hydrogens is 256 g/mol. The summed E-state index contributed by atoms with van der Waals surface area (Å²) in [5.41, 5.74) is 0.924. The standard InChI is InChI=1S/C15H26N2O3/c1-5-12-11(13(6-2)20-17-12)9-14(18)16-10-15(19,7-3)8-4/h19H,5-10H2,1-4H3,(H,16,18). The van der Waals surface area contributed by atoms with Gasteiger partial charge in [-0.25, -0.2) is 0 Å². The number of carbonyl (C=O) groups excluding carboxylic acids is 1. The van der Waals surface area contributed by atoms with Crippen molar-refractivity contribution in [1.82, 2.24) is 10.5 Å². The number of aromatic nitrogens is 1. The lowest BCUT2D eigenvalue weighted by molar-refractivity contribution is -0.121. The zero-order valence-corrected chi connectivity index (χ0v) is 13.0. The molecule has 2 N–H and O–H groups in total. The number of nitrogens with one attached hydrogen (secondary N) is 1. The van der Waals surface area contributed by atoms with E-state index in [1.54, 1.807) is 0 Å². The molecule has 0 aliphatic heterocycles. The van der Waals surface area contributed by atoms with Gasteiger partial charge >= 0.3 is 0 Å². The van der Waals surface area contributed by atoms with Gasteiger partial charge in [0.15, 0.2) is 0 Å². The number of hydrogen-bond acceptors (Lipinski definition) is 4. The van der Waals surface area contributed by atoms with Crippen LogP contribution in [0.3, 0.4) is 0 Å². The fraction of sp³-hybridized carbons (Fsp3) is 0.733. The van der Waals surface area contributed by atoms with E-state index in [1.165, 1.54) is 0 Å². The van der Waals surface area contributed by atoms with Gasteiger partial charge in [0.25, 0.3) is 0 Å². The third-order valence-electron chi connectivity index (χ3n) is 3.88. The average molecular weight is 282 g/mol. The first-order chi connectivity index (χ1) is 9.49. The summed E-state index contributed by atoms with van der Waals surface area (Å²) in [5, 5.41) is 17.0. The van der Waals surface area contributed by atoms with Gasteiger partial charge < -0.3 is 14.9 Å². The van der Waals surface area contributed by atoms with E-state index in [-0.39, 0.29) is 18.9 Å². The Morgan fingerprint density at radius 2 is 1.90 bits per heavy atom. The van der Waals surface area contributed by atoms with Crippen LogP contribution in [0, 0.1) is 0 Å². The smallest absolute Gasteiger partial charge is 0.224 e. The Kier molecular flexibility index (Phi) is 6.20. The summed E-state index contributed by atoms with van der Waals surface area (Å²) >= 11 is 0. The van der Waals surface area contributed by atoms with E-state index in [1.807, 2.05) is 27.7 Å². The summed E-state index contributed by atoms with van der Waals surface area (Å²) in [6.45, 7) is 8.09. The van der Waals surface area contributed by atoms with Crippen molar-refractivity contribution < 1.29 is 14.4 Å². The highest BCUT2D eigenvalue weighted by atomic mass is 16.5. The molecule has 0 fully saturated rings. The number of rotatable bonds is 8. The molecule has 0 atom stereocenters. The van der Waals surface area contributed by atoms with Crippen molar-refractivity contribution in [3.63, 3.8) is 0 Å². The molecule has 0 aliphatic rings. The molecule has 0 saturated heterocycles. The highest BCUT2D eigenvalue weighted by molar-refractivity contribution is 5.79. The van der Waals surface area contributed by atoms with Crippen LogP contribution in [0.4, 0.5) is 0 Å². The van der Waals surface area contributed by atoms with Crippen LogP contribution < -0.4 is 5.32 Å². The summed E-state index contributed by atoms with van der Waals surface area (Å²) in [5.74, 6) is 0.677. The summed E-state index contributed by atoms with van der Waals surface area (Å²) in [6.07, 6.45) is 2.98. The van der Waals surface area contributed by atoms with Gasteiger partial charge in [0.05, 0.1) is 17.7 Å². The van der Waals surface area contributed by atoms with Crippen molar-refractivity contribution in [1.29, 1.82) is 0 Å². The van der Waals surface area contributed by atoms with Gasteiger partial charge in [-0.3, -0.25) is 4.79 Å². The van der Waals surface area contributed by atoms with Gasteiger partial charge in [0.1, 0.15) is 5.76 Å².